The molecule has 0 spiro atoms. The molecule has 0 amide bonds. The molecule has 0 aliphatic heterocycles. The molecule has 76 valence electrons. The monoisotopic (exact) mass is 199 g/mol. The first-order chi connectivity index (χ1) is 6.49. The number of hydrogen-bond acceptors (Lipinski definition) is 6. The van der Waals surface area contributed by atoms with Gasteiger partial charge in [-0.2, -0.15) is 5.10 Å². The highest BCUT2D eigenvalue weighted by Gasteiger charge is 2.16. The molecular weight excluding hydrogens is 190 g/mol. The molecule has 0 atom stereocenters. The molecule has 14 heavy (non-hydrogen) atoms. The zero-order valence-corrected chi connectivity index (χ0v) is 7.64. The zero-order chi connectivity index (χ0) is 10.9. The van der Waals surface area contributed by atoms with Crippen molar-refractivity contribution in [3.8, 4) is 5.95 Å². The first-order valence-electron chi connectivity index (χ1n) is 3.67. The first-order valence-corrected chi connectivity index (χ1v) is 3.67. The zero-order valence-electron chi connectivity index (χ0n) is 7.64. The van der Waals surface area contributed by atoms with Crippen LogP contribution in [0.4, 0.5) is 0 Å². The molecule has 0 saturated heterocycles. The lowest BCUT2D eigenvalue weighted by Gasteiger charge is -2.01. The van der Waals surface area contributed by atoms with Crippen LogP contribution in [0.1, 0.15) is 12.5 Å². The van der Waals surface area contributed by atoms with E-state index in [0.717, 1.165) is 0 Å². The van der Waals surface area contributed by atoms with Gasteiger partial charge in [-0.1, -0.05) is 0 Å². The predicted octanol–water partition coefficient (Wildman–Crippen LogP) is -1.27. The minimum Gasteiger partial charge on any atom is -0.480 e. The van der Waals surface area contributed by atoms with Crippen LogP contribution in [-0.2, 0) is 7.05 Å². The Balaban J connectivity index is 3.70. The lowest BCUT2D eigenvalue weighted by atomic mass is 10.2. The number of nitrogens with two attached hydrogens (primary N) is 1. The van der Waals surface area contributed by atoms with Crippen molar-refractivity contribution >= 4 is 5.71 Å². The Kier molecular flexibility index (Phi) is 2.41. The van der Waals surface area contributed by atoms with E-state index in [0.29, 0.717) is 4.57 Å². The van der Waals surface area contributed by atoms with Gasteiger partial charge in [0.05, 0.1) is 5.71 Å². The molecule has 1 aromatic rings. The normalized spacial score (nSPS) is 11.7. The number of nitrogens with zero attached hydrogens (tertiary/aromatic N) is 2. The third kappa shape index (κ3) is 1.39. The Hall–Kier alpha value is -2.05. The van der Waals surface area contributed by atoms with Crippen LogP contribution in [0.15, 0.2) is 19.1 Å². The summed E-state index contributed by atoms with van der Waals surface area (Å²) in [6, 6.07) is 0. The molecule has 0 aliphatic rings. The van der Waals surface area contributed by atoms with Gasteiger partial charge in [-0.3, -0.25) is 4.79 Å². The largest absolute Gasteiger partial charge is 0.480 e. The van der Waals surface area contributed by atoms with Crippen molar-refractivity contribution in [2.24, 2.45) is 18.0 Å². The summed E-state index contributed by atoms with van der Waals surface area (Å²) >= 11 is 0. The van der Waals surface area contributed by atoms with Crippen molar-refractivity contribution in [2.45, 2.75) is 6.92 Å². The summed E-state index contributed by atoms with van der Waals surface area (Å²) in [6.45, 7) is 1.41. The summed E-state index contributed by atoms with van der Waals surface area (Å²) in [7, 11) is 1.22. The lowest BCUT2D eigenvalue weighted by molar-refractivity contribution is 0.286. The maximum Gasteiger partial charge on any atom is 0.424 e. The van der Waals surface area contributed by atoms with Gasteiger partial charge >= 0.3 is 11.7 Å². The van der Waals surface area contributed by atoms with E-state index in [9.17, 15) is 14.7 Å². The number of hydrogen-bond donors (Lipinski definition) is 2. The van der Waals surface area contributed by atoms with Crippen LogP contribution < -0.4 is 17.2 Å². The quantitative estimate of drug-likeness (QED) is 0.332. The van der Waals surface area contributed by atoms with Gasteiger partial charge in [-0.05, 0) is 6.92 Å². The average Bonchev–Trinajstić information content (AvgIpc) is 2.14. The van der Waals surface area contributed by atoms with Gasteiger partial charge < -0.3 is 15.4 Å². The minimum absolute atomic E-state index is 0.0897. The maximum atomic E-state index is 11.4. The topological polar surface area (TPSA) is 111 Å². The van der Waals surface area contributed by atoms with E-state index in [2.05, 4.69) is 9.52 Å². The minimum atomic E-state index is -0.943. The van der Waals surface area contributed by atoms with Gasteiger partial charge in [0, 0.05) is 7.05 Å². The smallest absolute Gasteiger partial charge is 0.424 e. The van der Waals surface area contributed by atoms with Crippen molar-refractivity contribution in [3.63, 3.8) is 0 Å². The maximum absolute atomic E-state index is 11.4. The van der Waals surface area contributed by atoms with Crippen LogP contribution in [-0.4, -0.2) is 15.4 Å². The lowest BCUT2D eigenvalue weighted by Crippen LogP contribution is -2.33. The van der Waals surface area contributed by atoms with Crippen molar-refractivity contribution in [1.82, 2.24) is 4.57 Å². The van der Waals surface area contributed by atoms with Gasteiger partial charge in [-0.15, -0.1) is 0 Å². The third-order valence-electron chi connectivity index (χ3n) is 1.75. The van der Waals surface area contributed by atoms with E-state index in [4.69, 9.17) is 5.84 Å². The molecule has 3 N–H and O–H groups in total. The van der Waals surface area contributed by atoms with Gasteiger partial charge in [0.1, 0.15) is 5.56 Å². The van der Waals surface area contributed by atoms with Crippen molar-refractivity contribution < 1.29 is 9.52 Å². The van der Waals surface area contributed by atoms with Crippen LogP contribution in [0.5, 0.6) is 5.95 Å². The van der Waals surface area contributed by atoms with Crippen LogP contribution in [0.2, 0.25) is 0 Å². The molecule has 7 nitrogen and oxygen atoms in total. The molecule has 0 radical (unpaired) electrons. The molecule has 0 aromatic carbocycles. The summed E-state index contributed by atoms with van der Waals surface area (Å²) in [5, 5.41) is 12.4. The molecule has 7 heteroatoms. The van der Waals surface area contributed by atoms with Gasteiger partial charge in [0.25, 0.3) is 5.56 Å². The Morgan fingerprint density at radius 2 is 2.14 bits per heavy atom. The first kappa shape index (κ1) is 10.0. The predicted molar refractivity (Wildman–Crippen MR) is 48.3 cm³/mol. The molecule has 1 heterocycles. The van der Waals surface area contributed by atoms with Gasteiger partial charge in [-0.25, -0.2) is 9.36 Å². The van der Waals surface area contributed by atoms with Crippen LogP contribution in [0, 0.1) is 0 Å². The van der Waals surface area contributed by atoms with Crippen LogP contribution in [0.25, 0.3) is 0 Å². The molecule has 0 fully saturated rings. The van der Waals surface area contributed by atoms with Crippen molar-refractivity contribution in [3.05, 3.63) is 26.5 Å². The molecule has 0 saturated carbocycles. The fourth-order valence-corrected chi connectivity index (χ4v) is 0.918. The average molecular weight is 199 g/mol. The van der Waals surface area contributed by atoms with Gasteiger partial charge in [0.2, 0.25) is 0 Å². The number of aromatic hydroxyl groups is 1. The Morgan fingerprint density at radius 3 is 2.64 bits per heavy atom. The van der Waals surface area contributed by atoms with E-state index < -0.39 is 17.3 Å². The highest BCUT2D eigenvalue weighted by Crippen LogP contribution is 2.09. The van der Waals surface area contributed by atoms with E-state index in [-0.39, 0.29) is 11.3 Å². The fourth-order valence-electron chi connectivity index (χ4n) is 0.918. The molecule has 0 bridgehead atoms. The molecule has 0 unspecified atom stereocenters. The van der Waals surface area contributed by atoms with Crippen molar-refractivity contribution in [1.29, 1.82) is 0 Å². The summed E-state index contributed by atoms with van der Waals surface area (Å²) in [6.07, 6.45) is 0. The van der Waals surface area contributed by atoms with E-state index in [1.54, 1.807) is 0 Å². The van der Waals surface area contributed by atoms with E-state index in [1.807, 2.05) is 0 Å². The Morgan fingerprint density at radius 1 is 1.57 bits per heavy atom. The number of hydrazone groups is 1. The summed E-state index contributed by atoms with van der Waals surface area (Å²) in [5.74, 6) is 3.22. The summed E-state index contributed by atoms with van der Waals surface area (Å²) in [4.78, 5) is 22.3. The summed E-state index contributed by atoms with van der Waals surface area (Å²) in [5.41, 5.74) is -0.827. The summed E-state index contributed by atoms with van der Waals surface area (Å²) < 4.78 is 5.08. The number of rotatable bonds is 1. The van der Waals surface area contributed by atoms with Crippen molar-refractivity contribution in [2.75, 3.05) is 0 Å². The highest BCUT2D eigenvalue weighted by atomic mass is 16.5. The standard InChI is InChI=1S/C7H9N3O4/c1-3(9-8)4-5(11)10(2)7(13)14-6(4)12/h12H,8H2,1-2H3/b9-3+. The second-order valence-corrected chi connectivity index (χ2v) is 2.63. The van der Waals surface area contributed by atoms with E-state index in [1.165, 1.54) is 14.0 Å². The Labute approximate surface area is 78.1 Å². The second-order valence-electron chi connectivity index (χ2n) is 2.63. The van der Waals surface area contributed by atoms with Crippen LogP contribution >= 0.6 is 0 Å². The SMILES string of the molecule is C/C(=N\N)c1c(O)oc(=O)n(C)c1=O. The molecule has 0 aliphatic carbocycles. The highest BCUT2D eigenvalue weighted by molar-refractivity contribution is 5.99. The van der Waals surface area contributed by atoms with E-state index >= 15 is 0 Å². The molecular formula is C7H9N3O4. The molecule has 1 rings (SSSR count). The van der Waals surface area contributed by atoms with Gasteiger partial charge in [0.15, 0.2) is 0 Å². The molecule has 1 aromatic heterocycles. The fraction of sp³-hybridized carbons (Fsp3) is 0.286. The Bertz CT molecular complexity index is 497. The third-order valence-corrected chi connectivity index (χ3v) is 1.75. The number of aromatic nitrogens is 1. The second kappa shape index (κ2) is 3.36. The van der Waals surface area contributed by atoms with Crippen LogP contribution in [0.3, 0.4) is 0 Å².